The second-order valence-corrected chi connectivity index (χ2v) is 6.77. The van der Waals surface area contributed by atoms with Crippen LogP contribution in [0, 0.1) is 13.8 Å². The highest BCUT2D eigenvalue weighted by atomic mass is 32.2. The Morgan fingerprint density at radius 1 is 1.04 bits per heavy atom. The predicted molar refractivity (Wildman–Crippen MR) is 100 cm³/mol. The molecule has 1 N–H and O–H groups in total. The van der Waals surface area contributed by atoms with Gasteiger partial charge in [-0.15, -0.1) is 11.8 Å². The van der Waals surface area contributed by atoms with Crippen LogP contribution in [-0.4, -0.2) is 21.8 Å². The monoisotopic (exact) mass is 353 g/mol. The van der Waals surface area contributed by atoms with E-state index in [0.717, 1.165) is 16.8 Å². The van der Waals surface area contributed by atoms with Gasteiger partial charge < -0.3 is 9.84 Å². The van der Waals surface area contributed by atoms with Gasteiger partial charge in [0.1, 0.15) is 0 Å². The van der Waals surface area contributed by atoms with Gasteiger partial charge in [-0.1, -0.05) is 40.5 Å². The topological polar surface area (TPSA) is 68.0 Å². The molecule has 0 spiro atoms. The molecule has 0 bridgehead atoms. The lowest BCUT2D eigenvalue weighted by Gasteiger charge is -2.04. The fourth-order valence-corrected chi connectivity index (χ4v) is 2.85. The fraction of sp³-hybridized carbons (Fsp3) is 0.211. The zero-order valence-corrected chi connectivity index (χ0v) is 15.0. The van der Waals surface area contributed by atoms with Crippen LogP contribution in [0.15, 0.2) is 53.1 Å². The molecule has 0 saturated carbocycles. The second kappa shape index (κ2) is 7.98. The third kappa shape index (κ3) is 4.93. The first-order chi connectivity index (χ1) is 12.1. The smallest absolute Gasteiger partial charge is 0.257 e. The Bertz CT molecular complexity index is 842. The van der Waals surface area contributed by atoms with Crippen LogP contribution in [0.4, 0.5) is 5.69 Å². The van der Waals surface area contributed by atoms with Gasteiger partial charge in [0.05, 0.1) is 11.5 Å². The lowest BCUT2D eigenvalue weighted by atomic mass is 10.1. The lowest BCUT2D eigenvalue weighted by Crippen LogP contribution is -2.14. The number of carbonyl (C=O) groups is 1. The Kier molecular flexibility index (Phi) is 5.50. The number of thioether (sulfide) groups is 1. The van der Waals surface area contributed by atoms with E-state index in [1.54, 1.807) is 0 Å². The highest BCUT2D eigenvalue weighted by Crippen LogP contribution is 2.19. The molecule has 2 aromatic carbocycles. The zero-order chi connectivity index (χ0) is 17.6. The molecule has 0 aliphatic rings. The normalized spacial score (nSPS) is 10.6. The maximum atomic E-state index is 11.9. The van der Waals surface area contributed by atoms with E-state index < -0.39 is 0 Å². The highest BCUT2D eigenvalue weighted by Gasteiger charge is 2.10. The van der Waals surface area contributed by atoms with Crippen molar-refractivity contribution in [3.8, 4) is 11.5 Å². The van der Waals surface area contributed by atoms with Crippen molar-refractivity contribution in [2.24, 2.45) is 0 Å². The number of amides is 1. The van der Waals surface area contributed by atoms with E-state index in [1.165, 1.54) is 17.3 Å². The molecule has 0 saturated heterocycles. The highest BCUT2D eigenvalue weighted by molar-refractivity contribution is 7.99. The largest absolute Gasteiger partial charge is 0.334 e. The number of carbonyl (C=O) groups excluding carboxylic acids is 1. The van der Waals surface area contributed by atoms with E-state index in [2.05, 4.69) is 15.5 Å². The number of hydrogen-bond donors (Lipinski definition) is 1. The minimum absolute atomic E-state index is 0.0453. The minimum Gasteiger partial charge on any atom is -0.334 e. The number of rotatable bonds is 6. The first-order valence-electron chi connectivity index (χ1n) is 7.94. The van der Waals surface area contributed by atoms with Gasteiger partial charge in [0.2, 0.25) is 5.91 Å². The van der Waals surface area contributed by atoms with Crippen LogP contribution >= 0.6 is 11.8 Å². The van der Waals surface area contributed by atoms with Crippen molar-refractivity contribution in [3.63, 3.8) is 0 Å². The van der Waals surface area contributed by atoms with Crippen molar-refractivity contribution in [2.75, 3.05) is 11.1 Å². The van der Waals surface area contributed by atoms with Gasteiger partial charge in [-0.05, 0) is 38.1 Å². The van der Waals surface area contributed by atoms with Crippen molar-refractivity contribution in [2.45, 2.75) is 19.6 Å². The zero-order valence-electron chi connectivity index (χ0n) is 14.2. The Morgan fingerprint density at radius 3 is 2.36 bits per heavy atom. The van der Waals surface area contributed by atoms with Crippen molar-refractivity contribution in [1.82, 2.24) is 10.1 Å². The molecule has 0 atom stereocenters. The maximum absolute atomic E-state index is 11.9. The van der Waals surface area contributed by atoms with Gasteiger partial charge in [0.25, 0.3) is 5.89 Å². The summed E-state index contributed by atoms with van der Waals surface area (Å²) in [6.07, 6.45) is 0. The van der Waals surface area contributed by atoms with Gasteiger partial charge in [-0.25, -0.2) is 0 Å². The Hall–Kier alpha value is -2.60. The molecule has 0 aliphatic carbocycles. The predicted octanol–water partition coefficient (Wildman–Crippen LogP) is 4.23. The number of hydrogen-bond acceptors (Lipinski definition) is 5. The summed E-state index contributed by atoms with van der Waals surface area (Å²) in [5.74, 6) is 1.90. The SMILES string of the molecule is Cc1ccc(NC(=O)CSCc2noc(-c3ccc(C)cc3)n2)cc1. The number of anilines is 1. The third-order valence-corrected chi connectivity index (χ3v) is 4.49. The van der Waals surface area contributed by atoms with Crippen molar-refractivity contribution in [3.05, 3.63) is 65.5 Å². The number of aryl methyl sites for hydroxylation is 2. The standard InChI is InChI=1S/C19H19N3O2S/c1-13-3-7-15(8-4-13)19-21-17(22-24-19)11-25-12-18(23)20-16-9-5-14(2)6-10-16/h3-10H,11-12H2,1-2H3,(H,20,23). The summed E-state index contributed by atoms with van der Waals surface area (Å²) in [6.45, 7) is 4.04. The van der Waals surface area contributed by atoms with Crippen LogP contribution in [0.1, 0.15) is 17.0 Å². The van der Waals surface area contributed by atoms with Gasteiger partial charge in [-0.3, -0.25) is 4.79 Å². The van der Waals surface area contributed by atoms with Crippen LogP contribution < -0.4 is 5.32 Å². The molecule has 0 radical (unpaired) electrons. The van der Waals surface area contributed by atoms with Crippen LogP contribution in [0.2, 0.25) is 0 Å². The summed E-state index contributed by atoms with van der Waals surface area (Å²) < 4.78 is 5.28. The quantitative estimate of drug-likeness (QED) is 0.718. The third-order valence-electron chi connectivity index (χ3n) is 3.57. The molecule has 3 rings (SSSR count). The Morgan fingerprint density at radius 2 is 1.68 bits per heavy atom. The molecule has 1 amide bonds. The Balaban J connectivity index is 1.48. The Labute approximate surface area is 150 Å². The molecule has 25 heavy (non-hydrogen) atoms. The van der Waals surface area contributed by atoms with E-state index in [4.69, 9.17) is 4.52 Å². The average Bonchev–Trinajstić information content (AvgIpc) is 3.06. The van der Waals surface area contributed by atoms with Crippen LogP contribution in [0.25, 0.3) is 11.5 Å². The molecule has 3 aromatic rings. The fourth-order valence-electron chi connectivity index (χ4n) is 2.19. The first-order valence-corrected chi connectivity index (χ1v) is 9.09. The summed E-state index contributed by atoms with van der Waals surface area (Å²) in [5.41, 5.74) is 4.04. The summed E-state index contributed by atoms with van der Waals surface area (Å²) in [4.78, 5) is 16.3. The van der Waals surface area contributed by atoms with Gasteiger partial charge >= 0.3 is 0 Å². The molecular weight excluding hydrogens is 334 g/mol. The van der Waals surface area contributed by atoms with Gasteiger partial charge in [-0.2, -0.15) is 4.98 Å². The average molecular weight is 353 g/mol. The van der Waals surface area contributed by atoms with E-state index in [1.807, 2.05) is 62.4 Å². The van der Waals surface area contributed by atoms with Crippen molar-refractivity contribution >= 4 is 23.4 Å². The molecule has 0 fully saturated rings. The van der Waals surface area contributed by atoms with Crippen molar-refractivity contribution in [1.29, 1.82) is 0 Å². The van der Waals surface area contributed by atoms with Crippen LogP contribution in [-0.2, 0) is 10.5 Å². The van der Waals surface area contributed by atoms with E-state index in [9.17, 15) is 4.79 Å². The van der Waals surface area contributed by atoms with Gasteiger partial charge in [0.15, 0.2) is 5.82 Å². The second-order valence-electron chi connectivity index (χ2n) is 5.79. The molecule has 0 aliphatic heterocycles. The minimum atomic E-state index is -0.0453. The van der Waals surface area contributed by atoms with Crippen LogP contribution in [0.3, 0.4) is 0 Å². The molecule has 128 valence electrons. The van der Waals surface area contributed by atoms with Crippen LogP contribution in [0.5, 0.6) is 0 Å². The molecular formula is C19H19N3O2S. The molecule has 6 heteroatoms. The molecule has 5 nitrogen and oxygen atoms in total. The first kappa shape index (κ1) is 17.2. The van der Waals surface area contributed by atoms with E-state index in [-0.39, 0.29) is 5.91 Å². The van der Waals surface area contributed by atoms with E-state index >= 15 is 0 Å². The summed E-state index contributed by atoms with van der Waals surface area (Å²) in [5, 5.41) is 6.83. The number of benzene rings is 2. The number of nitrogens with one attached hydrogen (secondary N) is 1. The van der Waals surface area contributed by atoms with E-state index in [0.29, 0.717) is 23.2 Å². The summed E-state index contributed by atoms with van der Waals surface area (Å²) >= 11 is 1.45. The van der Waals surface area contributed by atoms with Gasteiger partial charge in [0, 0.05) is 11.3 Å². The molecule has 1 heterocycles. The molecule has 1 aromatic heterocycles. The summed E-state index contributed by atoms with van der Waals surface area (Å²) in [7, 11) is 0. The number of nitrogens with zero attached hydrogens (tertiary/aromatic N) is 2. The number of aromatic nitrogens is 2. The molecule has 0 unspecified atom stereocenters. The summed E-state index contributed by atoms with van der Waals surface area (Å²) in [6, 6.07) is 15.6. The maximum Gasteiger partial charge on any atom is 0.257 e. The van der Waals surface area contributed by atoms with Crippen molar-refractivity contribution < 1.29 is 9.32 Å². The lowest BCUT2D eigenvalue weighted by molar-refractivity contribution is -0.113.